The number of aliphatic hydroxyl groups is 11. The number of amides is 1. The first-order chi connectivity index (χ1) is 53.3. The van der Waals surface area contributed by atoms with Gasteiger partial charge in [0.15, 0.2) is 18.9 Å². The van der Waals surface area contributed by atoms with Crippen molar-refractivity contribution in [3.8, 4) is 0 Å². The molecule has 0 aliphatic carbocycles. The van der Waals surface area contributed by atoms with Gasteiger partial charge >= 0.3 is 0 Å². The fraction of sp³-hybridized carbons (Fsp3) is 0.878. The van der Waals surface area contributed by atoms with Crippen LogP contribution in [0.5, 0.6) is 0 Å². The van der Waals surface area contributed by atoms with E-state index < -0.39 is 124 Å². The van der Waals surface area contributed by atoms with Gasteiger partial charge in [-0.25, -0.2) is 0 Å². The van der Waals surface area contributed by atoms with Gasteiger partial charge in [0.2, 0.25) is 5.91 Å². The van der Waals surface area contributed by atoms with Gasteiger partial charge in [-0.1, -0.05) is 357 Å². The molecule has 19 nitrogen and oxygen atoms in total. The van der Waals surface area contributed by atoms with Gasteiger partial charge < -0.3 is 89.9 Å². The minimum Gasteiger partial charge on any atom is -0.394 e. The summed E-state index contributed by atoms with van der Waals surface area (Å²) in [5.74, 6) is -0.278. The second-order valence-electron chi connectivity index (χ2n) is 32.1. The number of ether oxygens (including phenoxy) is 6. The number of unbranched alkanes of at least 4 members (excludes halogenated alkanes) is 49. The number of carbonyl (C=O) groups is 1. The summed E-state index contributed by atoms with van der Waals surface area (Å²) in [4.78, 5) is 13.5. The molecule has 3 saturated heterocycles. The van der Waals surface area contributed by atoms with Gasteiger partial charge in [0, 0.05) is 6.42 Å². The smallest absolute Gasteiger partial charge is 0.220 e. The molecule has 3 rings (SSSR count). The first kappa shape index (κ1) is 101. The summed E-state index contributed by atoms with van der Waals surface area (Å²) in [6.45, 7) is 1.76. The van der Waals surface area contributed by atoms with Crippen molar-refractivity contribution in [1.82, 2.24) is 5.32 Å². The Bertz CT molecular complexity index is 2200. The molecule has 3 fully saturated rings. The van der Waals surface area contributed by atoms with E-state index in [4.69, 9.17) is 28.4 Å². The Kier molecular flexibility index (Phi) is 64.4. The van der Waals surface area contributed by atoms with Crippen molar-refractivity contribution in [1.29, 1.82) is 0 Å². The quantitative estimate of drug-likeness (QED) is 0.0199. The molecule has 12 N–H and O–H groups in total. The third-order valence-electron chi connectivity index (χ3n) is 22.3. The van der Waals surface area contributed by atoms with Crippen LogP contribution < -0.4 is 5.32 Å². The van der Waals surface area contributed by atoms with Crippen molar-refractivity contribution in [3.63, 3.8) is 0 Å². The van der Waals surface area contributed by atoms with E-state index in [1.807, 2.05) is 6.08 Å². The molecule has 0 radical (unpaired) electrons. The van der Waals surface area contributed by atoms with Crippen LogP contribution in [0.1, 0.15) is 373 Å². The maximum Gasteiger partial charge on any atom is 0.220 e. The van der Waals surface area contributed by atoms with Gasteiger partial charge in [-0.3, -0.25) is 4.79 Å². The van der Waals surface area contributed by atoms with Crippen molar-refractivity contribution in [2.45, 2.75) is 478 Å². The average Bonchev–Trinajstić information content (AvgIpc) is 0.760. The number of carbonyl (C=O) groups excluding carboxylic acids is 1. The lowest BCUT2D eigenvalue weighted by atomic mass is 9.96. The van der Waals surface area contributed by atoms with Gasteiger partial charge in [0.1, 0.15) is 73.2 Å². The summed E-state index contributed by atoms with van der Waals surface area (Å²) in [7, 11) is 0. The molecule has 109 heavy (non-hydrogen) atoms. The van der Waals surface area contributed by atoms with Crippen LogP contribution in [0.4, 0.5) is 0 Å². The molecule has 638 valence electrons. The Balaban J connectivity index is 1.30. The van der Waals surface area contributed by atoms with Crippen LogP contribution in [0.3, 0.4) is 0 Å². The van der Waals surface area contributed by atoms with Crippen LogP contribution in [-0.2, 0) is 33.2 Å². The largest absolute Gasteiger partial charge is 0.394 e. The van der Waals surface area contributed by atoms with Gasteiger partial charge in [0.05, 0.1) is 38.6 Å². The molecule has 0 aromatic rings. The molecule has 17 atom stereocenters. The topological polar surface area (TPSA) is 307 Å². The normalized spacial score (nSPS) is 25.5. The fourth-order valence-corrected chi connectivity index (χ4v) is 15.1. The SMILES string of the molecule is CCCCCCC/C=C\C/C=C\C/C=C\CCCCCCCCCCCCCCCCCCCCCCCCCCCCC(=O)NC(COC1OC(CO)C(OC2OC(CO)C(OC3OC(CO)C(O)C(O)C3O)C(O)C2O)C(O)C1O)C(O)/C=C/CC/C=C/CCCCCCCCCCCCCCCCCCC. The third-order valence-corrected chi connectivity index (χ3v) is 22.3. The lowest BCUT2D eigenvalue weighted by Crippen LogP contribution is -2.66. The summed E-state index contributed by atoms with van der Waals surface area (Å²) in [6.07, 6.45) is 65.3. The van der Waals surface area contributed by atoms with Gasteiger partial charge in [0.25, 0.3) is 0 Å². The summed E-state index contributed by atoms with van der Waals surface area (Å²) < 4.78 is 34.5. The van der Waals surface area contributed by atoms with Crippen LogP contribution in [0, 0.1) is 0 Å². The van der Waals surface area contributed by atoms with Gasteiger partial charge in [-0.05, 0) is 70.6 Å². The van der Waals surface area contributed by atoms with E-state index in [0.29, 0.717) is 12.8 Å². The summed E-state index contributed by atoms with van der Waals surface area (Å²) in [5, 5.41) is 121. The van der Waals surface area contributed by atoms with Crippen LogP contribution in [0.2, 0.25) is 0 Å². The molecule has 3 heterocycles. The highest BCUT2D eigenvalue weighted by Gasteiger charge is 2.54. The Morgan fingerprint density at radius 2 is 0.615 bits per heavy atom. The van der Waals surface area contributed by atoms with E-state index in [-0.39, 0.29) is 18.9 Å². The highest BCUT2D eigenvalue weighted by Crippen LogP contribution is 2.34. The van der Waals surface area contributed by atoms with Crippen molar-refractivity contribution in [2.75, 3.05) is 26.4 Å². The number of allylic oxidation sites excluding steroid dienone is 9. The van der Waals surface area contributed by atoms with Gasteiger partial charge in [-0.2, -0.15) is 0 Å². The predicted molar refractivity (Wildman–Crippen MR) is 439 cm³/mol. The van der Waals surface area contributed by atoms with E-state index in [9.17, 15) is 61.0 Å². The highest BCUT2D eigenvalue weighted by atomic mass is 16.8. The van der Waals surface area contributed by atoms with Crippen molar-refractivity contribution in [2.24, 2.45) is 0 Å². The maximum absolute atomic E-state index is 13.5. The van der Waals surface area contributed by atoms with Crippen LogP contribution >= 0.6 is 0 Å². The molecule has 17 unspecified atom stereocenters. The molecule has 0 aromatic heterocycles. The molecular weight excluding hydrogens is 1380 g/mol. The standard InChI is InChI=1S/C90H165NO18/c1-3-5-7-9-11-13-15-17-19-21-23-25-27-28-29-30-31-32-33-34-35-36-37-38-39-40-41-42-43-44-46-48-50-52-54-56-58-60-62-64-66-68-78(96)91-73(74(95)67-65-63-61-59-57-55-53-51-49-47-45-26-24-22-20-18-16-14-12-10-8-6-4-2)72-104-88-84(102)81(99)86(76(70-93)106-88)109-90-85(103)82(100)87(77(71-94)107-90)108-89-83(101)80(98)79(97)75(69-92)105-89/h15,17,21,23,27-28,57,59,65,67,73-77,79-90,92-95,97-103H,3-14,16,18-20,22,24-26,29-56,58,60-64,66,68-72H2,1-2H3,(H,91,96)/b17-15-,23-21-,28-27-,59-57+,67-65+. The number of nitrogens with one attached hydrogen (secondary N) is 1. The summed E-state index contributed by atoms with van der Waals surface area (Å²) in [5.41, 5.74) is 0. The molecule has 3 aliphatic rings. The molecule has 3 aliphatic heterocycles. The van der Waals surface area contributed by atoms with Crippen molar-refractivity contribution in [3.05, 3.63) is 60.8 Å². The first-order valence-electron chi connectivity index (χ1n) is 45.0. The zero-order valence-electron chi connectivity index (χ0n) is 68.8. The van der Waals surface area contributed by atoms with E-state index >= 15 is 0 Å². The minimum atomic E-state index is -1.98. The average molecular weight is 1550 g/mol. The highest BCUT2D eigenvalue weighted by molar-refractivity contribution is 5.76. The molecular formula is C90H165NO18. The monoisotopic (exact) mass is 1550 g/mol. The number of rotatable bonds is 73. The van der Waals surface area contributed by atoms with Gasteiger partial charge in [-0.15, -0.1) is 0 Å². The second kappa shape index (κ2) is 69.8. The Hall–Kier alpha value is -2.51. The lowest BCUT2D eigenvalue weighted by Gasteiger charge is -2.48. The second-order valence-corrected chi connectivity index (χ2v) is 32.1. The predicted octanol–water partition coefficient (Wildman–Crippen LogP) is 17.0. The Labute approximate surface area is 662 Å². The van der Waals surface area contributed by atoms with E-state index in [2.05, 4.69) is 67.8 Å². The van der Waals surface area contributed by atoms with Crippen LogP contribution in [-0.4, -0.2) is 193 Å². The Morgan fingerprint density at radius 1 is 0.330 bits per heavy atom. The zero-order valence-corrected chi connectivity index (χ0v) is 68.8. The Morgan fingerprint density at radius 3 is 0.982 bits per heavy atom. The summed E-state index contributed by atoms with van der Waals surface area (Å²) in [6, 6.07) is -0.991. The van der Waals surface area contributed by atoms with Crippen LogP contribution in [0.25, 0.3) is 0 Å². The van der Waals surface area contributed by atoms with E-state index in [1.165, 1.54) is 289 Å². The third kappa shape index (κ3) is 48.6. The molecule has 19 heteroatoms. The fourth-order valence-electron chi connectivity index (χ4n) is 15.1. The maximum atomic E-state index is 13.5. The van der Waals surface area contributed by atoms with Crippen molar-refractivity contribution >= 4 is 5.91 Å². The lowest BCUT2D eigenvalue weighted by molar-refractivity contribution is -0.379. The summed E-state index contributed by atoms with van der Waals surface area (Å²) >= 11 is 0. The molecule has 0 bridgehead atoms. The molecule has 1 amide bonds. The minimum absolute atomic E-state index is 0.238. The van der Waals surface area contributed by atoms with Crippen molar-refractivity contribution < 1.29 is 89.4 Å². The number of hydrogen-bond donors (Lipinski definition) is 12. The first-order valence-corrected chi connectivity index (χ1v) is 45.0. The molecule has 0 saturated carbocycles. The molecule has 0 aromatic carbocycles. The number of aliphatic hydroxyl groups excluding tert-OH is 11. The molecule has 0 spiro atoms. The number of hydrogen-bond acceptors (Lipinski definition) is 18. The van der Waals surface area contributed by atoms with Crippen LogP contribution in [0.15, 0.2) is 60.8 Å². The zero-order chi connectivity index (χ0) is 78.8. The van der Waals surface area contributed by atoms with E-state index in [1.54, 1.807) is 6.08 Å². The van der Waals surface area contributed by atoms with E-state index in [0.717, 1.165) is 51.4 Å².